The summed E-state index contributed by atoms with van der Waals surface area (Å²) >= 11 is 0. The summed E-state index contributed by atoms with van der Waals surface area (Å²) in [5, 5.41) is 16.7. The highest BCUT2D eigenvalue weighted by Gasteiger charge is 2.12. The number of anilines is 1. The molecule has 0 bridgehead atoms. The van der Waals surface area contributed by atoms with E-state index in [9.17, 15) is 18.4 Å². The SMILES string of the molecule is CC(C)c1ccc(-c2nnn(CC(=O)NCC(=O)Nc3ccc(F)c(F)c3)n2)cc1. The van der Waals surface area contributed by atoms with Crippen molar-refractivity contribution in [3.63, 3.8) is 0 Å². The number of benzene rings is 2. The van der Waals surface area contributed by atoms with E-state index in [1.54, 1.807) is 0 Å². The van der Waals surface area contributed by atoms with E-state index in [2.05, 4.69) is 39.9 Å². The molecule has 156 valence electrons. The van der Waals surface area contributed by atoms with E-state index in [-0.39, 0.29) is 18.8 Å². The summed E-state index contributed by atoms with van der Waals surface area (Å²) < 4.78 is 26.0. The van der Waals surface area contributed by atoms with Crippen LogP contribution in [-0.4, -0.2) is 38.6 Å². The van der Waals surface area contributed by atoms with Crippen LogP contribution < -0.4 is 10.6 Å². The maximum Gasteiger partial charge on any atom is 0.244 e. The molecule has 8 nitrogen and oxygen atoms in total. The van der Waals surface area contributed by atoms with Gasteiger partial charge in [0.25, 0.3) is 0 Å². The number of hydrogen-bond acceptors (Lipinski definition) is 5. The second-order valence-electron chi connectivity index (χ2n) is 6.87. The molecule has 2 aromatic carbocycles. The van der Waals surface area contributed by atoms with Gasteiger partial charge in [-0.15, -0.1) is 10.2 Å². The third-order valence-electron chi connectivity index (χ3n) is 4.22. The van der Waals surface area contributed by atoms with Gasteiger partial charge in [0.05, 0.1) is 6.54 Å². The summed E-state index contributed by atoms with van der Waals surface area (Å²) in [6, 6.07) is 10.7. The van der Waals surface area contributed by atoms with Crippen molar-refractivity contribution in [3.05, 3.63) is 59.7 Å². The molecule has 0 saturated heterocycles. The first kappa shape index (κ1) is 21.0. The molecule has 0 aliphatic carbocycles. The molecule has 2 N–H and O–H groups in total. The Morgan fingerprint density at radius 2 is 1.77 bits per heavy atom. The number of nitrogens with zero attached hydrogens (tertiary/aromatic N) is 4. The van der Waals surface area contributed by atoms with Gasteiger partial charge < -0.3 is 10.6 Å². The van der Waals surface area contributed by atoms with Crippen molar-refractivity contribution in [3.8, 4) is 11.4 Å². The van der Waals surface area contributed by atoms with Crippen molar-refractivity contribution in [2.75, 3.05) is 11.9 Å². The van der Waals surface area contributed by atoms with Crippen LogP contribution >= 0.6 is 0 Å². The maximum atomic E-state index is 13.1. The van der Waals surface area contributed by atoms with E-state index in [0.717, 1.165) is 22.5 Å². The molecule has 10 heteroatoms. The number of aromatic nitrogens is 4. The molecule has 0 atom stereocenters. The van der Waals surface area contributed by atoms with Crippen molar-refractivity contribution in [2.24, 2.45) is 0 Å². The van der Waals surface area contributed by atoms with E-state index in [1.807, 2.05) is 24.3 Å². The van der Waals surface area contributed by atoms with Crippen molar-refractivity contribution in [1.82, 2.24) is 25.5 Å². The largest absolute Gasteiger partial charge is 0.345 e. The minimum atomic E-state index is -1.08. The minimum absolute atomic E-state index is 0.0826. The van der Waals surface area contributed by atoms with Crippen LogP contribution in [0.15, 0.2) is 42.5 Å². The third kappa shape index (κ3) is 5.43. The Bertz CT molecular complexity index is 1050. The first-order valence-corrected chi connectivity index (χ1v) is 9.21. The summed E-state index contributed by atoms with van der Waals surface area (Å²) in [6.07, 6.45) is 0. The standard InChI is InChI=1S/C20H20F2N6O2/c1-12(2)13-3-5-14(6-4-13)20-25-27-28(26-20)11-19(30)23-10-18(29)24-15-7-8-16(21)17(22)9-15/h3-9,12H,10-11H2,1-2H3,(H,23,30)(H,24,29). The number of amides is 2. The van der Waals surface area contributed by atoms with Crippen molar-refractivity contribution in [1.29, 1.82) is 0 Å². The Balaban J connectivity index is 1.50. The lowest BCUT2D eigenvalue weighted by molar-refractivity contribution is -0.124. The van der Waals surface area contributed by atoms with Gasteiger partial charge in [-0.25, -0.2) is 8.78 Å². The third-order valence-corrected chi connectivity index (χ3v) is 4.22. The van der Waals surface area contributed by atoms with Crippen molar-refractivity contribution < 1.29 is 18.4 Å². The number of nitrogens with one attached hydrogen (secondary N) is 2. The second-order valence-corrected chi connectivity index (χ2v) is 6.87. The molecule has 0 radical (unpaired) electrons. The summed E-state index contributed by atoms with van der Waals surface area (Å²) in [6.45, 7) is 3.62. The molecule has 0 fully saturated rings. The van der Waals surface area contributed by atoms with Crippen LogP contribution in [0.2, 0.25) is 0 Å². The molecule has 0 aliphatic rings. The summed E-state index contributed by atoms with van der Waals surface area (Å²) in [5.41, 5.74) is 2.04. The topological polar surface area (TPSA) is 102 Å². The highest BCUT2D eigenvalue weighted by Crippen LogP contribution is 2.19. The van der Waals surface area contributed by atoms with Gasteiger partial charge in [0.15, 0.2) is 11.6 Å². The average molecular weight is 414 g/mol. The molecule has 30 heavy (non-hydrogen) atoms. The van der Waals surface area contributed by atoms with Gasteiger partial charge in [0.2, 0.25) is 17.6 Å². The lowest BCUT2D eigenvalue weighted by atomic mass is 10.0. The van der Waals surface area contributed by atoms with Crippen LogP contribution in [0.3, 0.4) is 0 Å². The molecule has 0 unspecified atom stereocenters. The number of halogens is 2. The molecule has 3 rings (SSSR count). The highest BCUT2D eigenvalue weighted by molar-refractivity contribution is 5.94. The van der Waals surface area contributed by atoms with E-state index in [1.165, 1.54) is 11.6 Å². The van der Waals surface area contributed by atoms with Gasteiger partial charge in [-0.05, 0) is 28.8 Å². The fourth-order valence-corrected chi connectivity index (χ4v) is 2.59. The summed E-state index contributed by atoms with van der Waals surface area (Å²) in [7, 11) is 0. The maximum absolute atomic E-state index is 13.1. The minimum Gasteiger partial charge on any atom is -0.345 e. The molecule has 1 heterocycles. The van der Waals surface area contributed by atoms with E-state index < -0.39 is 23.4 Å². The van der Waals surface area contributed by atoms with Gasteiger partial charge in [-0.2, -0.15) is 4.80 Å². The quantitative estimate of drug-likeness (QED) is 0.619. The first-order valence-electron chi connectivity index (χ1n) is 9.21. The zero-order valence-corrected chi connectivity index (χ0v) is 16.4. The van der Waals surface area contributed by atoms with Crippen LogP contribution in [0.5, 0.6) is 0 Å². The predicted octanol–water partition coefficient (Wildman–Crippen LogP) is 2.50. The van der Waals surface area contributed by atoms with Crippen molar-refractivity contribution >= 4 is 17.5 Å². The molecule has 0 saturated carbocycles. The average Bonchev–Trinajstić information content (AvgIpc) is 3.17. The number of tetrazole rings is 1. The molecule has 0 aliphatic heterocycles. The number of rotatable bonds is 7. The molecule has 2 amide bonds. The molecule has 3 aromatic rings. The Labute approximate surface area is 171 Å². The lowest BCUT2D eigenvalue weighted by Crippen LogP contribution is -2.35. The Morgan fingerprint density at radius 1 is 1.03 bits per heavy atom. The van der Waals surface area contributed by atoms with Crippen LogP contribution in [0.1, 0.15) is 25.3 Å². The monoisotopic (exact) mass is 414 g/mol. The fourth-order valence-electron chi connectivity index (χ4n) is 2.59. The molecule has 0 spiro atoms. The number of hydrogen-bond donors (Lipinski definition) is 2. The van der Waals surface area contributed by atoms with Gasteiger partial charge in [-0.1, -0.05) is 38.1 Å². The molecule has 1 aromatic heterocycles. The zero-order valence-electron chi connectivity index (χ0n) is 16.4. The van der Waals surface area contributed by atoms with Crippen molar-refractivity contribution in [2.45, 2.75) is 26.3 Å². The predicted molar refractivity (Wildman–Crippen MR) is 105 cm³/mol. The van der Waals surface area contributed by atoms with Crippen LogP contribution in [-0.2, 0) is 16.1 Å². The Kier molecular flexibility index (Phi) is 6.45. The van der Waals surface area contributed by atoms with Crippen LogP contribution in [0, 0.1) is 11.6 Å². The van der Waals surface area contributed by atoms with Gasteiger partial charge in [-0.3, -0.25) is 9.59 Å². The van der Waals surface area contributed by atoms with Gasteiger partial charge in [0.1, 0.15) is 6.54 Å². The van der Waals surface area contributed by atoms with E-state index in [0.29, 0.717) is 11.7 Å². The smallest absolute Gasteiger partial charge is 0.244 e. The van der Waals surface area contributed by atoms with E-state index >= 15 is 0 Å². The highest BCUT2D eigenvalue weighted by atomic mass is 19.2. The van der Waals surface area contributed by atoms with Gasteiger partial charge in [0, 0.05) is 17.3 Å². The zero-order chi connectivity index (χ0) is 21.7. The molecular formula is C20H20F2N6O2. The lowest BCUT2D eigenvalue weighted by Gasteiger charge is -2.07. The van der Waals surface area contributed by atoms with Crippen LogP contribution in [0.25, 0.3) is 11.4 Å². The summed E-state index contributed by atoms with van der Waals surface area (Å²) in [5.74, 6) is -2.40. The second kappa shape index (κ2) is 9.21. The summed E-state index contributed by atoms with van der Waals surface area (Å²) in [4.78, 5) is 25.0. The number of carbonyl (C=O) groups is 2. The van der Waals surface area contributed by atoms with E-state index in [4.69, 9.17) is 0 Å². The number of carbonyl (C=O) groups excluding carboxylic acids is 2. The van der Waals surface area contributed by atoms with Crippen LogP contribution in [0.4, 0.5) is 14.5 Å². The Hall–Kier alpha value is -3.69. The fraction of sp³-hybridized carbons (Fsp3) is 0.250. The Morgan fingerprint density at radius 3 is 2.43 bits per heavy atom. The van der Waals surface area contributed by atoms with Gasteiger partial charge >= 0.3 is 0 Å². The first-order chi connectivity index (χ1) is 14.3. The molecular weight excluding hydrogens is 394 g/mol. The normalized spacial score (nSPS) is 10.8.